The highest BCUT2D eigenvalue weighted by Gasteiger charge is 2.25. The van der Waals surface area contributed by atoms with Gasteiger partial charge in [-0.05, 0) is 12.8 Å². The summed E-state index contributed by atoms with van der Waals surface area (Å²) in [5, 5.41) is 3.21. The average Bonchev–Trinajstić information content (AvgIpc) is 3.16. The predicted molar refractivity (Wildman–Crippen MR) is 107 cm³/mol. The molecular formula is C17H32Cl2N4O4. The van der Waals surface area contributed by atoms with E-state index in [4.69, 9.17) is 9.47 Å². The molecule has 3 fully saturated rings. The van der Waals surface area contributed by atoms with Gasteiger partial charge in [0, 0.05) is 52.4 Å². The van der Waals surface area contributed by atoms with E-state index in [1.54, 1.807) is 0 Å². The zero-order valence-electron chi connectivity index (χ0n) is 15.8. The van der Waals surface area contributed by atoms with Crippen LogP contribution in [0.4, 0.5) is 0 Å². The molecule has 3 aliphatic heterocycles. The number of carbonyl (C=O) groups excluding carboxylic acids is 2. The monoisotopic (exact) mass is 426 g/mol. The summed E-state index contributed by atoms with van der Waals surface area (Å²) in [4.78, 5) is 30.4. The molecule has 27 heavy (non-hydrogen) atoms. The van der Waals surface area contributed by atoms with Gasteiger partial charge in [-0.2, -0.15) is 0 Å². The highest BCUT2D eigenvalue weighted by Crippen LogP contribution is 2.10. The van der Waals surface area contributed by atoms with Crippen LogP contribution in [0.2, 0.25) is 0 Å². The van der Waals surface area contributed by atoms with Gasteiger partial charge < -0.3 is 24.6 Å². The van der Waals surface area contributed by atoms with Crippen molar-refractivity contribution >= 4 is 36.6 Å². The molecule has 0 aliphatic carbocycles. The SMILES string of the molecule is Cl.Cl.O=C(CNCC1CCCO1)N1CCN(CC(=O)N2CCOCC2)CC1. The Morgan fingerprint density at radius 1 is 0.889 bits per heavy atom. The van der Waals surface area contributed by atoms with E-state index in [2.05, 4.69) is 10.2 Å². The van der Waals surface area contributed by atoms with Gasteiger partial charge in [0.05, 0.1) is 32.4 Å². The molecule has 2 amide bonds. The molecular weight excluding hydrogens is 395 g/mol. The Hall–Kier alpha value is -0.640. The third-order valence-corrected chi connectivity index (χ3v) is 5.12. The first-order chi connectivity index (χ1) is 12.2. The summed E-state index contributed by atoms with van der Waals surface area (Å²) in [7, 11) is 0. The molecule has 0 bridgehead atoms. The minimum absolute atomic E-state index is 0. The Labute approximate surface area is 173 Å². The maximum absolute atomic E-state index is 12.3. The van der Waals surface area contributed by atoms with Crippen LogP contribution in [0.1, 0.15) is 12.8 Å². The zero-order valence-corrected chi connectivity index (χ0v) is 17.4. The third kappa shape index (κ3) is 7.71. The van der Waals surface area contributed by atoms with Crippen molar-refractivity contribution in [2.24, 2.45) is 0 Å². The number of carbonyl (C=O) groups is 2. The summed E-state index contributed by atoms with van der Waals surface area (Å²) < 4.78 is 10.8. The van der Waals surface area contributed by atoms with Crippen molar-refractivity contribution in [1.82, 2.24) is 20.0 Å². The van der Waals surface area contributed by atoms with Crippen molar-refractivity contribution in [1.29, 1.82) is 0 Å². The maximum Gasteiger partial charge on any atom is 0.236 e. The summed E-state index contributed by atoms with van der Waals surface area (Å²) in [6, 6.07) is 0. The molecule has 3 rings (SSSR count). The lowest BCUT2D eigenvalue weighted by Crippen LogP contribution is -2.54. The Balaban J connectivity index is 0.00000182. The van der Waals surface area contributed by atoms with Gasteiger partial charge in [0.25, 0.3) is 0 Å². The molecule has 1 unspecified atom stereocenters. The molecule has 0 radical (unpaired) electrons. The molecule has 10 heteroatoms. The second kappa shape index (κ2) is 12.7. The van der Waals surface area contributed by atoms with Gasteiger partial charge in [-0.15, -0.1) is 24.8 Å². The Kier molecular flexibility index (Phi) is 11.5. The van der Waals surface area contributed by atoms with Crippen LogP contribution in [-0.2, 0) is 19.1 Å². The van der Waals surface area contributed by atoms with E-state index in [9.17, 15) is 9.59 Å². The Morgan fingerprint density at radius 3 is 2.19 bits per heavy atom. The first-order valence-corrected chi connectivity index (χ1v) is 9.40. The Morgan fingerprint density at radius 2 is 1.56 bits per heavy atom. The third-order valence-electron chi connectivity index (χ3n) is 5.12. The molecule has 8 nitrogen and oxygen atoms in total. The molecule has 0 saturated carbocycles. The van der Waals surface area contributed by atoms with Crippen LogP contribution >= 0.6 is 24.8 Å². The van der Waals surface area contributed by atoms with E-state index in [1.165, 1.54) is 0 Å². The number of amides is 2. The Bertz CT molecular complexity index is 452. The van der Waals surface area contributed by atoms with Gasteiger partial charge in [-0.3, -0.25) is 14.5 Å². The van der Waals surface area contributed by atoms with E-state index < -0.39 is 0 Å². The largest absolute Gasteiger partial charge is 0.378 e. The van der Waals surface area contributed by atoms with Gasteiger partial charge in [0.15, 0.2) is 0 Å². The van der Waals surface area contributed by atoms with E-state index in [0.717, 1.165) is 39.1 Å². The second-order valence-corrected chi connectivity index (χ2v) is 6.92. The molecule has 3 heterocycles. The van der Waals surface area contributed by atoms with Crippen molar-refractivity contribution in [2.45, 2.75) is 18.9 Å². The smallest absolute Gasteiger partial charge is 0.236 e. The lowest BCUT2D eigenvalue weighted by atomic mass is 10.2. The summed E-state index contributed by atoms with van der Waals surface area (Å²) >= 11 is 0. The first-order valence-electron chi connectivity index (χ1n) is 9.40. The lowest BCUT2D eigenvalue weighted by molar-refractivity contribution is -0.137. The molecule has 3 aliphatic rings. The number of morpholine rings is 1. The number of hydrogen-bond donors (Lipinski definition) is 1. The average molecular weight is 427 g/mol. The van der Waals surface area contributed by atoms with Gasteiger partial charge in [0.1, 0.15) is 0 Å². The summed E-state index contributed by atoms with van der Waals surface area (Å²) in [6.45, 7) is 7.94. The van der Waals surface area contributed by atoms with Crippen LogP contribution in [0.15, 0.2) is 0 Å². The maximum atomic E-state index is 12.3. The lowest BCUT2D eigenvalue weighted by Gasteiger charge is -2.36. The normalized spacial score (nSPS) is 23.5. The predicted octanol–water partition coefficient (Wildman–Crippen LogP) is -0.398. The topological polar surface area (TPSA) is 74.4 Å². The summed E-state index contributed by atoms with van der Waals surface area (Å²) in [5.74, 6) is 0.304. The van der Waals surface area contributed by atoms with Crippen molar-refractivity contribution in [3.05, 3.63) is 0 Å². The number of piperazine rings is 1. The molecule has 3 saturated heterocycles. The van der Waals surface area contributed by atoms with Gasteiger partial charge in [0.2, 0.25) is 11.8 Å². The number of rotatable bonds is 6. The highest BCUT2D eigenvalue weighted by molar-refractivity contribution is 5.85. The minimum Gasteiger partial charge on any atom is -0.378 e. The van der Waals surface area contributed by atoms with Crippen LogP contribution in [0.5, 0.6) is 0 Å². The number of nitrogens with one attached hydrogen (secondary N) is 1. The van der Waals surface area contributed by atoms with Crippen LogP contribution in [0.3, 0.4) is 0 Å². The summed E-state index contributed by atoms with van der Waals surface area (Å²) in [5.41, 5.74) is 0. The van der Waals surface area contributed by atoms with Gasteiger partial charge in [-0.1, -0.05) is 0 Å². The first kappa shape index (κ1) is 24.4. The number of halogens is 2. The van der Waals surface area contributed by atoms with Crippen LogP contribution in [0, 0.1) is 0 Å². The number of ether oxygens (including phenoxy) is 2. The number of nitrogens with zero attached hydrogens (tertiary/aromatic N) is 3. The van der Waals surface area contributed by atoms with E-state index in [0.29, 0.717) is 52.5 Å². The molecule has 158 valence electrons. The second-order valence-electron chi connectivity index (χ2n) is 6.92. The fourth-order valence-corrected chi connectivity index (χ4v) is 3.52. The van der Waals surface area contributed by atoms with Crippen LogP contribution in [-0.4, -0.2) is 111 Å². The quantitative estimate of drug-likeness (QED) is 0.622. The zero-order chi connectivity index (χ0) is 17.5. The van der Waals surface area contributed by atoms with Crippen molar-refractivity contribution in [3.63, 3.8) is 0 Å². The van der Waals surface area contributed by atoms with Crippen LogP contribution in [0.25, 0.3) is 0 Å². The molecule has 0 aromatic rings. The fraction of sp³-hybridized carbons (Fsp3) is 0.882. The molecule has 0 aromatic carbocycles. The van der Waals surface area contributed by atoms with Crippen molar-refractivity contribution in [3.8, 4) is 0 Å². The fourth-order valence-electron chi connectivity index (χ4n) is 3.52. The molecule has 1 N–H and O–H groups in total. The summed E-state index contributed by atoms with van der Waals surface area (Å²) in [6.07, 6.45) is 2.46. The minimum atomic E-state index is 0. The van der Waals surface area contributed by atoms with E-state index in [-0.39, 0.29) is 42.7 Å². The van der Waals surface area contributed by atoms with E-state index in [1.807, 2.05) is 9.80 Å². The highest BCUT2D eigenvalue weighted by atomic mass is 35.5. The molecule has 0 aromatic heterocycles. The van der Waals surface area contributed by atoms with Crippen molar-refractivity contribution < 1.29 is 19.1 Å². The standard InChI is InChI=1S/C17H30N4O4.2ClH/c22-16(13-18-12-15-2-1-9-25-15)20-5-3-19(4-6-20)14-17(23)21-7-10-24-11-8-21;;/h15,18H,1-14H2;2*1H. The number of hydrogen-bond acceptors (Lipinski definition) is 6. The van der Waals surface area contributed by atoms with Gasteiger partial charge >= 0.3 is 0 Å². The molecule has 1 atom stereocenters. The van der Waals surface area contributed by atoms with Crippen molar-refractivity contribution in [2.75, 3.05) is 78.7 Å². The van der Waals surface area contributed by atoms with Crippen LogP contribution < -0.4 is 5.32 Å². The van der Waals surface area contributed by atoms with E-state index >= 15 is 0 Å². The molecule has 0 spiro atoms. The van der Waals surface area contributed by atoms with Gasteiger partial charge in [-0.25, -0.2) is 0 Å².